The van der Waals surface area contributed by atoms with Crippen LogP contribution in [0.1, 0.15) is 73.3 Å². The number of aliphatic imine (C=N–C) groups is 1. The van der Waals surface area contributed by atoms with E-state index in [2.05, 4.69) is 54.8 Å². The van der Waals surface area contributed by atoms with Gasteiger partial charge >= 0.3 is 0 Å². The van der Waals surface area contributed by atoms with Gasteiger partial charge in [-0.15, -0.1) is 10.2 Å². The number of nitrogens with zero attached hydrogens (tertiary/aromatic N) is 7. The van der Waals surface area contributed by atoms with Gasteiger partial charge in [0.05, 0.1) is 11.4 Å². The highest BCUT2D eigenvalue weighted by Gasteiger charge is 2.51. The van der Waals surface area contributed by atoms with Crippen molar-refractivity contribution in [2.45, 2.75) is 57.4 Å². The molecule has 0 unspecified atom stereocenters. The molecule has 8 heteroatoms. The van der Waals surface area contributed by atoms with Crippen LogP contribution in [-0.4, -0.2) is 27.0 Å². The zero-order chi connectivity index (χ0) is 24.3. The van der Waals surface area contributed by atoms with Crippen molar-refractivity contribution in [3.8, 4) is 17.5 Å². The highest BCUT2D eigenvalue weighted by molar-refractivity contribution is 6.30. The van der Waals surface area contributed by atoms with Gasteiger partial charge in [0.2, 0.25) is 0 Å². The molecule has 7 nitrogen and oxygen atoms in total. The summed E-state index contributed by atoms with van der Waals surface area (Å²) in [6, 6.07) is 14.2. The third kappa shape index (κ3) is 4.81. The Balaban J connectivity index is 1.45. The molecule has 1 saturated carbocycles. The SMILES string of the molecule is Cc1nnc2n1-c1ccc(C#CCCCCCCN=[N+]=[N-])cc1C(c1ccc(Cl)cc1)=NC21CC1. The van der Waals surface area contributed by atoms with Crippen molar-refractivity contribution in [2.24, 2.45) is 10.1 Å². The van der Waals surface area contributed by atoms with Crippen molar-refractivity contribution < 1.29 is 0 Å². The van der Waals surface area contributed by atoms with E-state index in [9.17, 15) is 0 Å². The predicted octanol–water partition coefficient (Wildman–Crippen LogP) is 6.68. The highest BCUT2D eigenvalue weighted by atomic mass is 35.5. The molecule has 2 aromatic carbocycles. The Labute approximate surface area is 209 Å². The fraction of sp³-hybridized carbons (Fsp3) is 0.370. The van der Waals surface area contributed by atoms with Crippen molar-refractivity contribution in [3.05, 3.63) is 86.3 Å². The second kappa shape index (κ2) is 9.95. The van der Waals surface area contributed by atoms with Gasteiger partial charge in [-0.25, -0.2) is 0 Å². The number of hydrogen-bond acceptors (Lipinski definition) is 4. The Morgan fingerprint density at radius 3 is 2.66 bits per heavy atom. The molecule has 5 rings (SSSR count). The minimum Gasteiger partial charge on any atom is -0.280 e. The van der Waals surface area contributed by atoms with Gasteiger partial charge in [0.15, 0.2) is 5.82 Å². The van der Waals surface area contributed by atoms with E-state index in [1.165, 1.54) is 0 Å². The maximum absolute atomic E-state index is 8.33. The molecule has 35 heavy (non-hydrogen) atoms. The van der Waals surface area contributed by atoms with E-state index in [1.54, 1.807) is 0 Å². The zero-order valence-corrected chi connectivity index (χ0v) is 20.5. The quantitative estimate of drug-likeness (QED) is 0.123. The van der Waals surface area contributed by atoms with Crippen LogP contribution in [0.2, 0.25) is 5.02 Å². The lowest BCUT2D eigenvalue weighted by molar-refractivity contribution is 0.656. The summed E-state index contributed by atoms with van der Waals surface area (Å²) in [5.41, 5.74) is 13.0. The minimum absolute atomic E-state index is 0.320. The topological polar surface area (TPSA) is 91.8 Å². The van der Waals surface area contributed by atoms with Crippen molar-refractivity contribution >= 4 is 17.3 Å². The van der Waals surface area contributed by atoms with Crippen LogP contribution in [0.15, 0.2) is 52.6 Å². The van der Waals surface area contributed by atoms with Gasteiger partial charge in [-0.2, -0.15) is 0 Å². The van der Waals surface area contributed by atoms with E-state index in [1.807, 2.05) is 31.2 Å². The van der Waals surface area contributed by atoms with Crippen molar-refractivity contribution in [1.82, 2.24) is 14.8 Å². The summed E-state index contributed by atoms with van der Waals surface area (Å²) in [4.78, 5) is 8.07. The number of benzene rings is 2. The monoisotopic (exact) mass is 483 g/mol. The lowest BCUT2D eigenvalue weighted by atomic mass is 9.98. The number of hydrogen-bond donors (Lipinski definition) is 0. The van der Waals surface area contributed by atoms with Crippen LogP contribution in [-0.2, 0) is 5.54 Å². The van der Waals surface area contributed by atoms with Crippen LogP contribution in [0.3, 0.4) is 0 Å². The smallest absolute Gasteiger partial charge is 0.165 e. The molecule has 3 aromatic rings. The van der Waals surface area contributed by atoms with Gasteiger partial charge in [-0.05, 0) is 68.5 Å². The van der Waals surface area contributed by atoms with Gasteiger partial charge in [-0.3, -0.25) is 9.56 Å². The summed E-state index contributed by atoms with van der Waals surface area (Å²) in [7, 11) is 0. The Bertz CT molecular complexity index is 1380. The van der Waals surface area contributed by atoms with Gasteiger partial charge in [0.25, 0.3) is 0 Å². The van der Waals surface area contributed by atoms with Crippen LogP contribution in [0, 0.1) is 18.8 Å². The summed E-state index contributed by atoms with van der Waals surface area (Å²) in [6.45, 7) is 2.56. The number of aromatic nitrogens is 3. The minimum atomic E-state index is -0.320. The number of unbranched alkanes of at least 4 members (excludes halogenated alkanes) is 4. The molecule has 0 N–H and O–H groups in total. The molecule has 0 amide bonds. The first-order chi connectivity index (χ1) is 17.1. The van der Waals surface area contributed by atoms with Crippen LogP contribution < -0.4 is 0 Å². The number of rotatable bonds is 7. The molecule has 1 aromatic heterocycles. The normalized spacial score (nSPS) is 14.6. The van der Waals surface area contributed by atoms with Gasteiger partial charge in [-0.1, -0.05) is 53.5 Å². The van der Waals surface area contributed by atoms with Gasteiger partial charge in [0, 0.05) is 39.6 Å². The fourth-order valence-corrected chi connectivity index (χ4v) is 4.64. The summed E-state index contributed by atoms with van der Waals surface area (Å²) in [5, 5.41) is 13.2. The maximum Gasteiger partial charge on any atom is 0.165 e. The van der Waals surface area contributed by atoms with Crippen LogP contribution in [0.4, 0.5) is 0 Å². The van der Waals surface area contributed by atoms with E-state index in [0.717, 1.165) is 84.7 Å². The zero-order valence-electron chi connectivity index (χ0n) is 19.7. The van der Waals surface area contributed by atoms with Crippen molar-refractivity contribution in [2.75, 3.05) is 6.54 Å². The maximum atomic E-state index is 8.33. The molecule has 0 radical (unpaired) electrons. The van der Waals surface area contributed by atoms with E-state index in [4.69, 9.17) is 22.1 Å². The average Bonchev–Trinajstić information content (AvgIpc) is 3.57. The largest absolute Gasteiger partial charge is 0.280 e. The first-order valence-corrected chi connectivity index (χ1v) is 12.4. The van der Waals surface area contributed by atoms with Gasteiger partial charge < -0.3 is 0 Å². The van der Waals surface area contributed by atoms with E-state index >= 15 is 0 Å². The highest BCUT2D eigenvalue weighted by Crippen LogP contribution is 2.51. The second-order valence-corrected chi connectivity index (χ2v) is 9.49. The van der Waals surface area contributed by atoms with Crippen LogP contribution in [0.25, 0.3) is 16.1 Å². The van der Waals surface area contributed by atoms with E-state index in [0.29, 0.717) is 11.6 Å². The molecule has 2 heterocycles. The summed E-state index contributed by atoms with van der Waals surface area (Å²) < 4.78 is 2.16. The van der Waals surface area contributed by atoms with Crippen molar-refractivity contribution in [1.29, 1.82) is 0 Å². The first kappa shape index (κ1) is 23.2. The fourth-order valence-electron chi connectivity index (χ4n) is 4.52. The second-order valence-electron chi connectivity index (χ2n) is 9.06. The first-order valence-electron chi connectivity index (χ1n) is 12.0. The summed E-state index contributed by atoms with van der Waals surface area (Å²) in [5.74, 6) is 8.44. The molecule has 0 bridgehead atoms. The Hall–Kier alpha value is -3.59. The Morgan fingerprint density at radius 1 is 1.09 bits per heavy atom. The molecule has 0 saturated heterocycles. The lowest BCUT2D eigenvalue weighted by Gasteiger charge is -2.13. The Morgan fingerprint density at radius 2 is 1.89 bits per heavy atom. The van der Waals surface area contributed by atoms with Crippen LogP contribution >= 0.6 is 11.6 Å². The third-order valence-electron chi connectivity index (χ3n) is 6.51. The molecule has 1 aliphatic heterocycles. The van der Waals surface area contributed by atoms with Gasteiger partial charge in [0.1, 0.15) is 11.4 Å². The standard InChI is InChI=1S/C27H26ClN7/c1-19-32-33-26-27(15-16-27)31-25(21-10-12-22(28)13-11-21)23-18-20(9-14-24(23)35(19)26)8-6-4-2-3-5-7-17-30-34-29/h9-14,18H,2-5,7,15-17H2,1H3. The van der Waals surface area contributed by atoms with Crippen LogP contribution in [0.5, 0.6) is 0 Å². The molecule has 1 fully saturated rings. The van der Waals surface area contributed by atoms with Crippen molar-refractivity contribution in [3.63, 3.8) is 0 Å². The van der Waals surface area contributed by atoms with E-state index in [-0.39, 0.29) is 5.54 Å². The molecule has 0 atom stereocenters. The predicted molar refractivity (Wildman–Crippen MR) is 138 cm³/mol. The van der Waals surface area contributed by atoms with E-state index < -0.39 is 0 Å². The molecule has 2 aliphatic rings. The summed E-state index contributed by atoms with van der Waals surface area (Å²) in [6.07, 6.45) is 6.89. The number of azide groups is 1. The average molecular weight is 484 g/mol. The molecule has 176 valence electrons. The number of aryl methyl sites for hydroxylation is 1. The molecular formula is C27H26ClN7. The number of halogens is 1. The Kier molecular flexibility index (Phi) is 6.59. The third-order valence-corrected chi connectivity index (χ3v) is 6.76. The molecule has 1 aliphatic carbocycles. The molecular weight excluding hydrogens is 458 g/mol. The summed E-state index contributed by atoms with van der Waals surface area (Å²) >= 11 is 6.18. The lowest BCUT2D eigenvalue weighted by Crippen LogP contribution is -2.11. The molecule has 1 spiro atoms. The number of fused-ring (bicyclic) bond motifs is 4.